The molecule has 0 aliphatic rings. The zero-order valence-electron chi connectivity index (χ0n) is 14.8. The van der Waals surface area contributed by atoms with E-state index in [4.69, 9.17) is 9.47 Å². The van der Waals surface area contributed by atoms with Crippen LogP contribution in [0.1, 0.15) is 11.4 Å². The summed E-state index contributed by atoms with van der Waals surface area (Å²) in [5.41, 5.74) is 3.44. The van der Waals surface area contributed by atoms with Crippen molar-refractivity contribution in [2.24, 2.45) is 7.05 Å². The fourth-order valence-electron chi connectivity index (χ4n) is 2.77. The number of methoxy groups -OCH3 is 2. The molecule has 3 rings (SSSR count). The summed E-state index contributed by atoms with van der Waals surface area (Å²) in [6.45, 7) is 1.96. The van der Waals surface area contributed by atoms with Crippen LogP contribution < -0.4 is 14.8 Å². The van der Waals surface area contributed by atoms with Gasteiger partial charge in [0.15, 0.2) is 0 Å². The molecule has 1 amide bonds. The van der Waals surface area contributed by atoms with Crippen LogP contribution in [0.4, 0.5) is 5.69 Å². The fourth-order valence-corrected chi connectivity index (χ4v) is 2.77. The highest BCUT2D eigenvalue weighted by atomic mass is 16.5. The number of carbonyl (C=O) groups excluding carboxylic acids is 1. The molecule has 0 fully saturated rings. The van der Waals surface area contributed by atoms with E-state index >= 15 is 0 Å². The first-order chi connectivity index (χ1) is 12.0. The third kappa shape index (κ3) is 3.42. The van der Waals surface area contributed by atoms with Crippen molar-refractivity contribution >= 4 is 22.6 Å². The number of carbonyl (C=O) groups is 1. The maximum absolute atomic E-state index is 12.4. The Hall–Kier alpha value is -3.02. The molecule has 0 atom stereocenters. The average Bonchev–Trinajstić information content (AvgIpc) is 2.88. The van der Waals surface area contributed by atoms with Gasteiger partial charge in [0.2, 0.25) is 5.91 Å². The summed E-state index contributed by atoms with van der Waals surface area (Å²) in [7, 11) is 5.12. The highest BCUT2D eigenvalue weighted by Crippen LogP contribution is 2.29. The van der Waals surface area contributed by atoms with Crippen molar-refractivity contribution in [3.8, 4) is 11.5 Å². The SMILES string of the molecule is COc1ccc(OC)c(NC(=O)Cc2ccc3c(c2)nc(C)n3C)c1. The molecular weight excluding hydrogens is 318 g/mol. The van der Waals surface area contributed by atoms with E-state index in [0.29, 0.717) is 17.2 Å². The molecule has 0 saturated carbocycles. The summed E-state index contributed by atoms with van der Waals surface area (Å²) < 4.78 is 12.5. The Balaban J connectivity index is 1.79. The minimum Gasteiger partial charge on any atom is -0.497 e. The first-order valence-electron chi connectivity index (χ1n) is 7.95. The van der Waals surface area contributed by atoms with E-state index < -0.39 is 0 Å². The molecule has 1 heterocycles. The van der Waals surface area contributed by atoms with Crippen LogP contribution in [-0.2, 0) is 18.3 Å². The predicted molar refractivity (Wildman–Crippen MR) is 97.3 cm³/mol. The molecule has 0 aliphatic carbocycles. The normalized spacial score (nSPS) is 10.7. The minimum atomic E-state index is -0.126. The summed E-state index contributed by atoms with van der Waals surface area (Å²) in [5.74, 6) is 2.06. The second-order valence-corrected chi connectivity index (χ2v) is 5.83. The maximum atomic E-state index is 12.4. The molecule has 0 aliphatic heterocycles. The molecular formula is C19H21N3O3. The topological polar surface area (TPSA) is 65.4 Å². The highest BCUT2D eigenvalue weighted by molar-refractivity contribution is 5.94. The van der Waals surface area contributed by atoms with Crippen LogP contribution in [-0.4, -0.2) is 29.7 Å². The average molecular weight is 339 g/mol. The zero-order valence-corrected chi connectivity index (χ0v) is 14.8. The number of nitrogens with one attached hydrogen (secondary N) is 1. The van der Waals surface area contributed by atoms with E-state index in [9.17, 15) is 4.79 Å². The van der Waals surface area contributed by atoms with Gasteiger partial charge in [0.05, 0.1) is 37.4 Å². The smallest absolute Gasteiger partial charge is 0.228 e. The lowest BCUT2D eigenvalue weighted by atomic mass is 10.1. The van der Waals surface area contributed by atoms with Gasteiger partial charge in [-0.05, 0) is 36.8 Å². The largest absolute Gasteiger partial charge is 0.497 e. The van der Waals surface area contributed by atoms with Gasteiger partial charge >= 0.3 is 0 Å². The Morgan fingerprint density at radius 2 is 1.96 bits per heavy atom. The van der Waals surface area contributed by atoms with E-state index in [1.165, 1.54) is 0 Å². The second-order valence-electron chi connectivity index (χ2n) is 5.83. The first kappa shape index (κ1) is 16.8. The molecule has 0 radical (unpaired) electrons. The van der Waals surface area contributed by atoms with Crippen molar-refractivity contribution in [1.29, 1.82) is 0 Å². The van der Waals surface area contributed by atoms with Gasteiger partial charge < -0.3 is 19.4 Å². The number of aromatic nitrogens is 2. The third-order valence-electron chi connectivity index (χ3n) is 4.21. The van der Waals surface area contributed by atoms with Gasteiger partial charge in [-0.3, -0.25) is 4.79 Å². The molecule has 130 valence electrons. The third-order valence-corrected chi connectivity index (χ3v) is 4.21. The van der Waals surface area contributed by atoms with Crippen LogP contribution >= 0.6 is 0 Å². The van der Waals surface area contributed by atoms with E-state index in [0.717, 1.165) is 22.4 Å². The van der Waals surface area contributed by atoms with E-state index in [1.807, 2.05) is 36.7 Å². The number of hydrogen-bond acceptors (Lipinski definition) is 4. The lowest BCUT2D eigenvalue weighted by Crippen LogP contribution is -2.15. The predicted octanol–water partition coefficient (Wildman–Crippen LogP) is 3.08. The lowest BCUT2D eigenvalue weighted by molar-refractivity contribution is -0.115. The standard InChI is InChI=1S/C19H21N3O3/c1-12-20-15-9-13(5-7-17(15)22(12)2)10-19(23)21-16-11-14(24-3)6-8-18(16)25-4/h5-9,11H,10H2,1-4H3,(H,21,23). The van der Waals surface area contributed by atoms with Gasteiger partial charge in [0.25, 0.3) is 0 Å². The van der Waals surface area contributed by atoms with E-state index in [1.54, 1.807) is 32.4 Å². The van der Waals surface area contributed by atoms with Crippen LogP contribution in [0.5, 0.6) is 11.5 Å². The zero-order chi connectivity index (χ0) is 18.0. The molecule has 0 unspecified atom stereocenters. The summed E-state index contributed by atoms with van der Waals surface area (Å²) in [6.07, 6.45) is 0.256. The number of amides is 1. The van der Waals surface area contributed by atoms with Crippen molar-refractivity contribution < 1.29 is 14.3 Å². The van der Waals surface area contributed by atoms with E-state index in [2.05, 4.69) is 10.3 Å². The number of anilines is 1. The van der Waals surface area contributed by atoms with Crippen molar-refractivity contribution in [2.75, 3.05) is 19.5 Å². The molecule has 0 saturated heterocycles. The summed E-state index contributed by atoms with van der Waals surface area (Å²) in [4.78, 5) is 16.9. The molecule has 1 aromatic heterocycles. The molecule has 3 aromatic rings. The molecule has 25 heavy (non-hydrogen) atoms. The number of rotatable bonds is 5. The molecule has 1 N–H and O–H groups in total. The number of fused-ring (bicyclic) bond motifs is 1. The molecule has 6 nitrogen and oxygen atoms in total. The van der Waals surface area contributed by atoms with Gasteiger partial charge in [0, 0.05) is 13.1 Å². The van der Waals surface area contributed by atoms with E-state index in [-0.39, 0.29) is 12.3 Å². The highest BCUT2D eigenvalue weighted by Gasteiger charge is 2.11. The molecule has 6 heteroatoms. The van der Waals surface area contributed by atoms with Crippen molar-refractivity contribution in [1.82, 2.24) is 9.55 Å². The van der Waals surface area contributed by atoms with Gasteiger partial charge in [-0.25, -0.2) is 4.98 Å². The Bertz CT molecular complexity index is 931. The monoisotopic (exact) mass is 339 g/mol. The Labute approximate surface area is 146 Å². The number of nitrogens with zero attached hydrogens (tertiary/aromatic N) is 2. The van der Waals surface area contributed by atoms with Gasteiger partial charge in [0.1, 0.15) is 17.3 Å². The van der Waals surface area contributed by atoms with Crippen LogP contribution in [0.2, 0.25) is 0 Å². The quantitative estimate of drug-likeness (QED) is 0.776. The Kier molecular flexibility index (Phi) is 4.61. The number of aryl methyl sites for hydroxylation is 2. The number of ether oxygens (including phenoxy) is 2. The summed E-state index contributed by atoms with van der Waals surface area (Å²) >= 11 is 0. The van der Waals surface area contributed by atoms with Crippen LogP contribution in [0.15, 0.2) is 36.4 Å². The van der Waals surface area contributed by atoms with Gasteiger partial charge in [-0.15, -0.1) is 0 Å². The van der Waals surface area contributed by atoms with Crippen LogP contribution in [0.25, 0.3) is 11.0 Å². The Morgan fingerprint density at radius 1 is 1.16 bits per heavy atom. The van der Waals surface area contributed by atoms with Crippen LogP contribution in [0, 0.1) is 6.92 Å². The minimum absolute atomic E-state index is 0.126. The van der Waals surface area contributed by atoms with Gasteiger partial charge in [-0.1, -0.05) is 6.07 Å². The second kappa shape index (κ2) is 6.84. The first-order valence-corrected chi connectivity index (χ1v) is 7.95. The number of benzene rings is 2. The number of hydrogen-bond donors (Lipinski definition) is 1. The molecule has 0 spiro atoms. The summed E-state index contributed by atoms with van der Waals surface area (Å²) in [6, 6.07) is 11.2. The molecule has 0 bridgehead atoms. The Morgan fingerprint density at radius 3 is 2.68 bits per heavy atom. The van der Waals surface area contributed by atoms with Crippen molar-refractivity contribution in [3.05, 3.63) is 47.8 Å². The van der Waals surface area contributed by atoms with Gasteiger partial charge in [-0.2, -0.15) is 0 Å². The van der Waals surface area contributed by atoms with Crippen molar-refractivity contribution in [3.63, 3.8) is 0 Å². The maximum Gasteiger partial charge on any atom is 0.228 e. The summed E-state index contributed by atoms with van der Waals surface area (Å²) in [5, 5.41) is 2.88. The number of imidazole rings is 1. The fraction of sp³-hybridized carbons (Fsp3) is 0.263. The molecule has 2 aromatic carbocycles. The van der Waals surface area contributed by atoms with Crippen LogP contribution in [0.3, 0.4) is 0 Å². The lowest BCUT2D eigenvalue weighted by Gasteiger charge is -2.12. The van der Waals surface area contributed by atoms with Crippen molar-refractivity contribution in [2.45, 2.75) is 13.3 Å².